The molecule has 0 radical (unpaired) electrons. The summed E-state index contributed by atoms with van der Waals surface area (Å²) in [4.78, 5) is 15.8. The van der Waals surface area contributed by atoms with Gasteiger partial charge < -0.3 is 5.32 Å². The van der Waals surface area contributed by atoms with E-state index in [1.54, 1.807) is 24.5 Å². The molecule has 1 aromatic carbocycles. The molecule has 21 heavy (non-hydrogen) atoms. The molecule has 1 amide bonds. The van der Waals surface area contributed by atoms with Crippen LogP contribution in [0.15, 0.2) is 53.3 Å². The van der Waals surface area contributed by atoms with Gasteiger partial charge in [-0.05, 0) is 48.9 Å². The minimum Gasteiger partial charge on any atom is -0.346 e. The molecule has 1 unspecified atom stereocenters. The van der Waals surface area contributed by atoms with Crippen LogP contribution >= 0.6 is 15.9 Å². The molecule has 108 valence electrons. The summed E-state index contributed by atoms with van der Waals surface area (Å²) in [5, 5.41) is 2.81. The molecule has 1 heterocycles. The quantitative estimate of drug-likeness (QED) is 0.852. The van der Waals surface area contributed by atoms with Crippen molar-refractivity contribution in [2.75, 3.05) is 0 Å². The topological polar surface area (TPSA) is 42.0 Å². The van der Waals surface area contributed by atoms with Gasteiger partial charge in [-0.3, -0.25) is 9.78 Å². The maximum Gasteiger partial charge on any atom is 0.244 e. The first-order chi connectivity index (χ1) is 10.1. The predicted octanol–water partition coefficient (Wildman–Crippen LogP) is 3.87. The van der Waals surface area contributed by atoms with Crippen LogP contribution in [0.5, 0.6) is 0 Å². The third-order valence-electron chi connectivity index (χ3n) is 2.94. The fraction of sp³-hybridized carbons (Fsp3) is 0.125. The molecule has 1 aromatic heterocycles. The lowest BCUT2D eigenvalue weighted by molar-refractivity contribution is -0.117. The molecule has 5 heteroatoms. The van der Waals surface area contributed by atoms with Crippen molar-refractivity contribution in [2.45, 2.75) is 13.0 Å². The van der Waals surface area contributed by atoms with E-state index in [9.17, 15) is 9.18 Å². The van der Waals surface area contributed by atoms with Gasteiger partial charge >= 0.3 is 0 Å². The van der Waals surface area contributed by atoms with Gasteiger partial charge in [0.1, 0.15) is 5.82 Å². The number of carbonyl (C=O) groups is 1. The van der Waals surface area contributed by atoms with Gasteiger partial charge in [0.15, 0.2) is 0 Å². The van der Waals surface area contributed by atoms with Crippen LogP contribution in [0.3, 0.4) is 0 Å². The van der Waals surface area contributed by atoms with Crippen molar-refractivity contribution in [2.24, 2.45) is 0 Å². The molecule has 2 aromatic rings. The highest BCUT2D eigenvalue weighted by Gasteiger charge is 2.07. The summed E-state index contributed by atoms with van der Waals surface area (Å²) in [5.41, 5.74) is 1.32. The lowest BCUT2D eigenvalue weighted by atomic mass is 10.1. The summed E-state index contributed by atoms with van der Waals surface area (Å²) in [5.74, 6) is -0.650. The maximum absolute atomic E-state index is 13.5. The van der Waals surface area contributed by atoms with Crippen molar-refractivity contribution < 1.29 is 9.18 Å². The highest BCUT2D eigenvalue weighted by atomic mass is 79.9. The number of aromatic nitrogens is 1. The Morgan fingerprint density at radius 2 is 2.05 bits per heavy atom. The van der Waals surface area contributed by atoms with Gasteiger partial charge in [0.2, 0.25) is 5.91 Å². The Morgan fingerprint density at radius 1 is 1.33 bits per heavy atom. The summed E-state index contributed by atoms with van der Waals surface area (Å²) in [6, 6.07) is 8.11. The van der Waals surface area contributed by atoms with E-state index in [0.29, 0.717) is 5.56 Å². The van der Waals surface area contributed by atoms with Gasteiger partial charge in [0.25, 0.3) is 0 Å². The maximum atomic E-state index is 13.5. The van der Waals surface area contributed by atoms with E-state index in [4.69, 9.17) is 0 Å². The number of hydrogen-bond donors (Lipinski definition) is 1. The van der Waals surface area contributed by atoms with Crippen LogP contribution in [0.4, 0.5) is 4.39 Å². The first-order valence-corrected chi connectivity index (χ1v) is 7.19. The Labute approximate surface area is 131 Å². The van der Waals surface area contributed by atoms with Crippen LogP contribution in [0.25, 0.3) is 6.08 Å². The molecular formula is C16H14BrFN2O. The zero-order valence-corrected chi connectivity index (χ0v) is 13.0. The first-order valence-electron chi connectivity index (χ1n) is 6.40. The van der Waals surface area contributed by atoms with Gasteiger partial charge in [-0.2, -0.15) is 0 Å². The molecule has 0 saturated heterocycles. The molecule has 1 N–H and O–H groups in total. The summed E-state index contributed by atoms with van der Waals surface area (Å²) in [6.07, 6.45) is 6.12. The highest BCUT2D eigenvalue weighted by Crippen LogP contribution is 2.17. The molecular weight excluding hydrogens is 335 g/mol. The average Bonchev–Trinajstić information content (AvgIpc) is 2.49. The van der Waals surface area contributed by atoms with Crippen LogP contribution in [0, 0.1) is 5.82 Å². The van der Waals surface area contributed by atoms with Gasteiger partial charge in [-0.15, -0.1) is 0 Å². The minimum atomic E-state index is -0.371. The van der Waals surface area contributed by atoms with Gasteiger partial charge in [0.05, 0.1) is 6.04 Å². The van der Waals surface area contributed by atoms with E-state index in [1.165, 1.54) is 18.2 Å². The lowest BCUT2D eigenvalue weighted by Gasteiger charge is -2.12. The Balaban J connectivity index is 2.01. The first kappa shape index (κ1) is 15.4. The fourth-order valence-electron chi connectivity index (χ4n) is 1.80. The Morgan fingerprint density at radius 3 is 2.76 bits per heavy atom. The predicted molar refractivity (Wildman–Crippen MR) is 83.9 cm³/mol. The summed E-state index contributed by atoms with van der Waals surface area (Å²) in [7, 11) is 0. The molecule has 2 rings (SSSR count). The second-order valence-electron chi connectivity index (χ2n) is 4.51. The minimum absolute atomic E-state index is 0.141. The van der Waals surface area contributed by atoms with Crippen LogP contribution < -0.4 is 5.32 Å². The number of hydrogen-bond acceptors (Lipinski definition) is 2. The lowest BCUT2D eigenvalue weighted by Crippen LogP contribution is -2.24. The third-order valence-corrected chi connectivity index (χ3v) is 3.43. The number of amides is 1. The second kappa shape index (κ2) is 7.13. The van der Waals surface area contributed by atoms with E-state index in [2.05, 4.69) is 26.2 Å². The fourth-order valence-corrected chi connectivity index (χ4v) is 2.18. The third kappa shape index (κ3) is 4.49. The average molecular weight is 349 g/mol. The molecule has 0 aliphatic carbocycles. The number of nitrogens with one attached hydrogen (secondary N) is 1. The summed E-state index contributed by atoms with van der Waals surface area (Å²) in [6.45, 7) is 1.88. The highest BCUT2D eigenvalue weighted by molar-refractivity contribution is 9.10. The normalized spacial score (nSPS) is 12.3. The molecule has 0 bridgehead atoms. The van der Waals surface area contributed by atoms with Gasteiger partial charge in [0, 0.05) is 28.5 Å². The Bertz CT molecular complexity index is 659. The van der Waals surface area contributed by atoms with E-state index in [0.717, 1.165) is 10.0 Å². The monoisotopic (exact) mass is 348 g/mol. The van der Waals surface area contributed by atoms with Crippen LogP contribution in [-0.4, -0.2) is 10.9 Å². The molecule has 0 fully saturated rings. The van der Waals surface area contributed by atoms with E-state index in [-0.39, 0.29) is 17.8 Å². The summed E-state index contributed by atoms with van der Waals surface area (Å²) >= 11 is 3.27. The smallest absolute Gasteiger partial charge is 0.244 e. The number of pyridine rings is 1. The number of halogens is 2. The Hall–Kier alpha value is -2.01. The number of rotatable bonds is 4. The van der Waals surface area contributed by atoms with Crippen LogP contribution in [0.1, 0.15) is 24.1 Å². The van der Waals surface area contributed by atoms with Crippen molar-refractivity contribution in [3.8, 4) is 0 Å². The Kier molecular flexibility index (Phi) is 5.22. The van der Waals surface area contributed by atoms with Crippen molar-refractivity contribution >= 4 is 27.9 Å². The van der Waals surface area contributed by atoms with Crippen LogP contribution in [0.2, 0.25) is 0 Å². The number of nitrogens with zero attached hydrogens (tertiary/aromatic N) is 1. The standard InChI is InChI=1S/C16H14BrFN2O/c1-11(12-6-8-19-9-7-12)20-16(21)5-2-13-10-14(17)3-4-15(13)18/h2-11H,1H3,(H,20,21). The molecule has 1 atom stereocenters. The molecule has 3 nitrogen and oxygen atoms in total. The number of benzene rings is 1. The summed E-state index contributed by atoms with van der Waals surface area (Å²) < 4.78 is 14.3. The van der Waals surface area contributed by atoms with Crippen LogP contribution in [-0.2, 0) is 4.79 Å². The number of carbonyl (C=O) groups excluding carboxylic acids is 1. The van der Waals surface area contributed by atoms with E-state index >= 15 is 0 Å². The molecule has 0 spiro atoms. The molecule has 0 aliphatic heterocycles. The van der Waals surface area contributed by atoms with Gasteiger partial charge in [-0.1, -0.05) is 15.9 Å². The second-order valence-corrected chi connectivity index (χ2v) is 5.43. The van der Waals surface area contributed by atoms with E-state index < -0.39 is 0 Å². The largest absolute Gasteiger partial charge is 0.346 e. The van der Waals surface area contributed by atoms with Crippen molar-refractivity contribution in [3.05, 3.63) is 70.2 Å². The van der Waals surface area contributed by atoms with E-state index in [1.807, 2.05) is 19.1 Å². The SMILES string of the molecule is CC(NC(=O)C=Cc1cc(Br)ccc1F)c1ccncc1. The zero-order valence-electron chi connectivity index (χ0n) is 11.4. The van der Waals surface area contributed by atoms with Gasteiger partial charge in [-0.25, -0.2) is 4.39 Å². The zero-order chi connectivity index (χ0) is 15.2. The molecule has 0 saturated carbocycles. The van der Waals surface area contributed by atoms with Crippen molar-refractivity contribution in [3.63, 3.8) is 0 Å². The van der Waals surface area contributed by atoms with Crippen molar-refractivity contribution in [1.82, 2.24) is 10.3 Å². The molecule has 0 aliphatic rings. The van der Waals surface area contributed by atoms with Crippen molar-refractivity contribution in [1.29, 1.82) is 0 Å².